The van der Waals surface area contributed by atoms with Gasteiger partial charge in [-0.15, -0.1) is 0 Å². The average Bonchev–Trinajstić information content (AvgIpc) is 3.34. The topological polar surface area (TPSA) is 111 Å². The summed E-state index contributed by atoms with van der Waals surface area (Å²) in [7, 11) is 3.95. The van der Waals surface area contributed by atoms with Crippen molar-refractivity contribution in [2.75, 3.05) is 19.8 Å². The number of ether oxygens (including phenoxy) is 1. The molecule has 0 radical (unpaired) electrons. The van der Waals surface area contributed by atoms with E-state index in [0.717, 1.165) is 65.9 Å². The van der Waals surface area contributed by atoms with Gasteiger partial charge in [-0.1, -0.05) is 32.0 Å². The fourth-order valence-electron chi connectivity index (χ4n) is 5.52. The summed E-state index contributed by atoms with van der Waals surface area (Å²) in [4.78, 5) is 23.9. The molecular formula is C31H39N7O2. The van der Waals surface area contributed by atoms with E-state index in [9.17, 15) is 4.79 Å². The number of amides is 1. The summed E-state index contributed by atoms with van der Waals surface area (Å²) < 4.78 is 7.97. The van der Waals surface area contributed by atoms with Gasteiger partial charge in [0.1, 0.15) is 29.3 Å². The number of para-hydroxylation sites is 1. The lowest BCUT2D eigenvalue weighted by atomic mass is 9.90. The third-order valence-electron chi connectivity index (χ3n) is 7.63. The molecule has 2 heterocycles. The van der Waals surface area contributed by atoms with E-state index in [1.54, 1.807) is 0 Å². The van der Waals surface area contributed by atoms with Gasteiger partial charge in [-0.25, -0.2) is 14.6 Å². The summed E-state index contributed by atoms with van der Waals surface area (Å²) in [5.41, 5.74) is 8.78. The third kappa shape index (κ3) is 6.09. The van der Waals surface area contributed by atoms with Crippen molar-refractivity contribution in [2.24, 2.45) is 5.92 Å². The van der Waals surface area contributed by atoms with E-state index in [1.165, 1.54) is 6.33 Å². The molecule has 1 aliphatic rings. The van der Waals surface area contributed by atoms with Gasteiger partial charge in [0.05, 0.1) is 17.5 Å². The molecule has 4 aromatic rings. The van der Waals surface area contributed by atoms with E-state index < -0.39 is 0 Å². The Morgan fingerprint density at radius 3 is 2.35 bits per heavy atom. The maximum Gasteiger partial charge on any atom is 0.237 e. The quantitative estimate of drug-likeness (QED) is 0.290. The molecule has 2 aromatic heterocycles. The van der Waals surface area contributed by atoms with Crippen LogP contribution in [0.2, 0.25) is 0 Å². The molecule has 0 spiro atoms. The first-order valence-electron chi connectivity index (χ1n) is 14.1. The minimum absolute atomic E-state index is 0.112. The summed E-state index contributed by atoms with van der Waals surface area (Å²) in [6.07, 6.45) is 5.91. The van der Waals surface area contributed by atoms with Gasteiger partial charge in [-0.05, 0) is 88.5 Å². The normalized spacial score (nSPS) is 18.2. The summed E-state index contributed by atoms with van der Waals surface area (Å²) >= 11 is 0. The number of nitrogens with one attached hydrogen (secondary N) is 1. The minimum atomic E-state index is -0.112. The lowest BCUT2D eigenvalue weighted by Gasteiger charge is -2.32. The van der Waals surface area contributed by atoms with Crippen molar-refractivity contribution >= 4 is 22.8 Å². The van der Waals surface area contributed by atoms with Crippen molar-refractivity contribution in [3.05, 3.63) is 60.9 Å². The van der Waals surface area contributed by atoms with Crippen LogP contribution in [0.5, 0.6) is 11.5 Å². The van der Waals surface area contributed by atoms with Crippen LogP contribution in [0.15, 0.2) is 60.9 Å². The molecule has 40 heavy (non-hydrogen) atoms. The second-order valence-electron chi connectivity index (χ2n) is 11.3. The highest BCUT2D eigenvalue weighted by atomic mass is 16.5. The van der Waals surface area contributed by atoms with Crippen LogP contribution in [0.1, 0.15) is 52.0 Å². The van der Waals surface area contributed by atoms with Crippen molar-refractivity contribution in [3.8, 4) is 22.8 Å². The molecule has 9 nitrogen and oxygen atoms in total. The van der Waals surface area contributed by atoms with Crippen LogP contribution < -0.4 is 15.8 Å². The molecule has 3 N–H and O–H groups in total. The van der Waals surface area contributed by atoms with Crippen LogP contribution in [0, 0.1) is 5.92 Å². The van der Waals surface area contributed by atoms with Crippen LogP contribution in [-0.2, 0) is 4.79 Å². The number of nitrogen functional groups attached to an aromatic ring is 1. The Bertz CT molecular complexity index is 1430. The highest BCUT2D eigenvalue weighted by Gasteiger charge is 2.30. The van der Waals surface area contributed by atoms with E-state index in [0.29, 0.717) is 11.7 Å². The zero-order chi connectivity index (χ0) is 28.2. The average molecular weight is 542 g/mol. The number of benzene rings is 2. The lowest BCUT2D eigenvalue weighted by Crippen LogP contribution is -2.48. The third-order valence-corrected chi connectivity index (χ3v) is 7.63. The maximum atomic E-state index is 13.0. The van der Waals surface area contributed by atoms with E-state index in [-0.39, 0.29) is 24.0 Å². The Balaban J connectivity index is 1.32. The van der Waals surface area contributed by atoms with Crippen molar-refractivity contribution in [2.45, 2.75) is 64.1 Å². The molecule has 9 heteroatoms. The zero-order valence-corrected chi connectivity index (χ0v) is 23.7. The van der Waals surface area contributed by atoms with Crippen LogP contribution in [0.3, 0.4) is 0 Å². The molecule has 2 aromatic carbocycles. The zero-order valence-electron chi connectivity index (χ0n) is 23.7. The second-order valence-corrected chi connectivity index (χ2v) is 11.3. The maximum absolute atomic E-state index is 13.0. The number of nitrogens with zero attached hydrogens (tertiary/aromatic N) is 5. The van der Waals surface area contributed by atoms with Gasteiger partial charge in [-0.2, -0.15) is 5.10 Å². The number of hydrogen-bond acceptors (Lipinski definition) is 7. The smallest absolute Gasteiger partial charge is 0.237 e. The van der Waals surface area contributed by atoms with Crippen LogP contribution in [-0.4, -0.2) is 56.7 Å². The molecule has 0 bridgehead atoms. The molecule has 1 fully saturated rings. The number of carbonyl (C=O) groups is 1. The molecule has 1 amide bonds. The predicted molar refractivity (Wildman–Crippen MR) is 158 cm³/mol. The first-order valence-corrected chi connectivity index (χ1v) is 14.1. The molecule has 210 valence electrons. The van der Waals surface area contributed by atoms with Gasteiger partial charge in [0.2, 0.25) is 5.91 Å². The van der Waals surface area contributed by atoms with Gasteiger partial charge in [0.25, 0.3) is 0 Å². The summed E-state index contributed by atoms with van der Waals surface area (Å²) in [6, 6.07) is 17.8. The highest BCUT2D eigenvalue weighted by molar-refractivity contribution is 5.98. The van der Waals surface area contributed by atoms with E-state index in [2.05, 4.69) is 29.1 Å². The van der Waals surface area contributed by atoms with Crippen LogP contribution >= 0.6 is 0 Å². The highest BCUT2D eigenvalue weighted by Crippen LogP contribution is 2.36. The van der Waals surface area contributed by atoms with Crippen molar-refractivity contribution in [1.82, 2.24) is 30.0 Å². The van der Waals surface area contributed by atoms with E-state index in [1.807, 2.05) is 78.3 Å². The summed E-state index contributed by atoms with van der Waals surface area (Å²) in [5.74, 6) is 2.52. The van der Waals surface area contributed by atoms with E-state index >= 15 is 0 Å². The van der Waals surface area contributed by atoms with Gasteiger partial charge >= 0.3 is 0 Å². The second kappa shape index (κ2) is 12.0. The van der Waals surface area contributed by atoms with Gasteiger partial charge in [0, 0.05) is 11.6 Å². The molecular weight excluding hydrogens is 502 g/mol. The number of fused-ring (bicyclic) bond motifs is 1. The fourth-order valence-corrected chi connectivity index (χ4v) is 5.52. The van der Waals surface area contributed by atoms with Gasteiger partial charge in [-0.3, -0.25) is 9.69 Å². The first kappa shape index (κ1) is 27.6. The monoisotopic (exact) mass is 541 g/mol. The first-order chi connectivity index (χ1) is 19.3. The molecule has 1 atom stereocenters. The van der Waals surface area contributed by atoms with Crippen molar-refractivity contribution in [3.63, 3.8) is 0 Å². The largest absolute Gasteiger partial charge is 0.457 e. The predicted octanol–water partition coefficient (Wildman–Crippen LogP) is 5.44. The Hall–Kier alpha value is -3.98. The summed E-state index contributed by atoms with van der Waals surface area (Å²) in [5, 5.41) is 9.10. The molecule has 1 saturated carbocycles. The number of nitrogens with two attached hydrogens (primary N) is 1. The molecule has 0 aliphatic heterocycles. The van der Waals surface area contributed by atoms with Crippen molar-refractivity contribution < 1.29 is 9.53 Å². The molecule has 1 aliphatic carbocycles. The van der Waals surface area contributed by atoms with Gasteiger partial charge in [0.15, 0.2) is 5.65 Å². The number of carbonyl (C=O) groups excluding carboxylic acids is 1. The number of likely N-dealkylation sites (N-methyl/N-ethyl adjacent to an activating group) is 1. The number of aromatic nitrogens is 4. The van der Waals surface area contributed by atoms with Crippen LogP contribution in [0.4, 0.5) is 5.82 Å². The Morgan fingerprint density at radius 1 is 1.02 bits per heavy atom. The van der Waals surface area contributed by atoms with Crippen LogP contribution in [0.25, 0.3) is 22.3 Å². The molecule has 0 saturated heterocycles. The molecule has 5 rings (SSSR count). The Morgan fingerprint density at radius 2 is 1.70 bits per heavy atom. The fraction of sp³-hybridized carbons (Fsp3) is 0.419. The lowest BCUT2D eigenvalue weighted by molar-refractivity contribution is -0.127. The minimum Gasteiger partial charge on any atom is -0.457 e. The standard InChI is InChI=1S/C31H39N7O2/c1-20(2)18-26(37(3)4)31(39)35-22-12-14-23(15-13-22)38-30-27(29(32)33-19-34-30)28(36-38)21-10-16-25(17-11-21)40-24-8-6-5-7-9-24/h5-11,16-17,19-20,22-23,26H,12-15,18H2,1-4H3,(H,35,39)(H2,32,33,34). The van der Waals surface area contributed by atoms with E-state index in [4.69, 9.17) is 15.6 Å². The number of anilines is 1. The number of rotatable bonds is 9. The Labute approximate surface area is 235 Å². The summed E-state index contributed by atoms with van der Waals surface area (Å²) in [6.45, 7) is 4.31. The van der Waals surface area contributed by atoms with Gasteiger partial charge < -0.3 is 15.8 Å². The SMILES string of the molecule is CC(C)CC(C(=O)NC1CCC(n2nc(-c3ccc(Oc4ccccc4)cc3)c3c(N)ncnc32)CC1)N(C)C. The Kier molecular flexibility index (Phi) is 8.30. The molecule has 1 unspecified atom stereocenters. The van der Waals surface area contributed by atoms with Crippen molar-refractivity contribution in [1.29, 1.82) is 0 Å². The number of hydrogen-bond donors (Lipinski definition) is 2.